The van der Waals surface area contributed by atoms with E-state index in [-0.39, 0.29) is 12.5 Å². The lowest BCUT2D eigenvalue weighted by Crippen LogP contribution is -2.45. The topological polar surface area (TPSA) is 96.5 Å². The molecule has 0 spiro atoms. The van der Waals surface area contributed by atoms with Crippen LogP contribution in [0.1, 0.15) is 18.3 Å². The highest BCUT2D eigenvalue weighted by Crippen LogP contribution is 2.23. The third kappa shape index (κ3) is 3.74. The predicted molar refractivity (Wildman–Crippen MR) is 91.8 cm³/mol. The normalized spacial score (nSPS) is 16.6. The Kier molecular flexibility index (Phi) is 4.90. The van der Waals surface area contributed by atoms with Gasteiger partial charge in [0.15, 0.2) is 5.82 Å². The monoisotopic (exact) mass is 341 g/mol. The maximum atomic E-state index is 12.7. The van der Waals surface area contributed by atoms with Gasteiger partial charge < -0.3 is 15.0 Å². The molecule has 1 aliphatic heterocycles. The van der Waals surface area contributed by atoms with Crippen LogP contribution in [0.4, 0.5) is 16.3 Å². The molecule has 130 valence electrons. The minimum atomic E-state index is -0.618. The zero-order valence-electron chi connectivity index (χ0n) is 14.0. The second-order valence-corrected chi connectivity index (χ2v) is 5.67. The van der Waals surface area contributed by atoms with Gasteiger partial charge in [-0.1, -0.05) is 18.2 Å². The number of methoxy groups -OCH3 is 1. The number of benzene rings is 1. The molecule has 3 amide bonds. The Balaban J connectivity index is 1.81. The summed E-state index contributed by atoms with van der Waals surface area (Å²) in [5, 5.41) is 5.56. The Bertz CT molecular complexity index is 795. The SMILES string of the molecule is COCc1nccc(NC(=O)N2Cc3ccccc3NC(=O)C2C)n1. The van der Waals surface area contributed by atoms with Crippen LogP contribution in [0, 0.1) is 0 Å². The van der Waals surface area contributed by atoms with E-state index in [9.17, 15) is 9.59 Å². The number of rotatable bonds is 3. The fourth-order valence-corrected chi connectivity index (χ4v) is 2.58. The van der Waals surface area contributed by atoms with E-state index in [1.165, 1.54) is 4.90 Å². The van der Waals surface area contributed by atoms with Gasteiger partial charge in [0.2, 0.25) is 5.91 Å². The largest absolute Gasteiger partial charge is 0.377 e. The van der Waals surface area contributed by atoms with E-state index >= 15 is 0 Å². The van der Waals surface area contributed by atoms with E-state index in [1.807, 2.05) is 24.3 Å². The summed E-state index contributed by atoms with van der Waals surface area (Å²) in [5.74, 6) is 0.590. The molecule has 0 saturated carbocycles. The lowest BCUT2D eigenvalue weighted by molar-refractivity contribution is -0.119. The molecule has 2 N–H and O–H groups in total. The molecule has 8 nitrogen and oxygen atoms in total. The van der Waals surface area contributed by atoms with E-state index in [4.69, 9.17) is 4.74 Å². The predicted octanol–water partition coefficient (Wildman–Crippen LogP) is 2.00. The fourth-order valence-electron chi connectivity index (χ4n) is 2.58. The van der Waals surface area contributed by atoms with Crippen molar-refractivity contribution >= 4 is 23.4 Å². The number of para-hydroxylation sites is 1. The molecule has 0 saturated heterocycles. The van der Waals surface area contributed by atoms with Crippen LogP contribution in [0.15, 0.2) is 36.5 Å². The molecule has 2 heterocycles. The number of carbonyl (C=O) groups excluding carboxylic acids is 2. The molecule has 0 aliphatic carbocycles. The Morgan fingerprint density at radius 1 is 1.40 bits per heavy atom. The number of carbonyl (C=O) groups is 2. The number of hydrogen-bond donors (Lipinski definition) is 2. The average Bonchev–Trinajstić information content (AvgIpc) is 2.72. The standard InChI is InChI=1S/C17H19N5O3/c1-11-16(23)19-13-6-4-3-5-12(13)9-22(11)17(24)21-14-7-8-18-15(20-14)10-25-2/h3-8,11H,9-10H2,1-2H3,(H,19,23)(H,18,20,21,24). The van der Waals surface area contributed by atoms with E-state index in [1.54, 1.807) is 26.3 Å². The number of amides is 3. The van der Waals surface area contributed by atoms with Crippen molar-refractivity contribution in [2.75, 3.05) is 17.7 Å². The summed E-state index contributed by atoms with van der Waals surface area (Å²) in [6.45, 7) is 2.26. The van der Waals surface area contributed by atoms with Crippen LogP contribution in [-0.2, 0) is 22.7 Å². The highest BCUT2D eigenvalue weighted by atomic mass is 16.5. The Hall–Kier alpha value is -3.00. The summed E-state index contributed by atoms with van der Waals surface area (Å²) in [7, 11) is 1.55. The Morgan fingerprint density at radius 3 is 3.00 bits per heavy atom. The summed E-state index contributed by atoms with van der Waals surface area (Å²) in [6, 6.07) is 8.00. The zero-order chi connectivity index (χ0) is 17.8. The third-order valence-electron chi connectivity index (χ3n) is 3.94. The van der Waals surface area contributed by atoms with Crippen molar-refractivity contribution in [1.29, 1.82) is 0 Å². The zero-order valence-corrected chi connectivity index (χ0v) is 14.0. The van der Waals surface area contributed by atoms with Gasteiger partial charge in [-0.3, -0.25) is 10.1 Å². The van der Waals surface area contributed by atoms with Crippen LogP contribution < -0.4 is 10.6 Å². The molecule has 2 aromatic rings. The maximum absolute atomic E-state index is 12.7. The van der Waals surface area contributed by atoms with Crippen molar-refractivity contribution in [3.63, 3.8) is 0 Å². The fraction of sp³-hybridized carbons (Fsp3) is 0.294. The number of nitrogens with zero attached hydrogens (tertiary/aromatic N) is 3. The number of aromatic nitrogens is 2. The van der Waals surface area contributed by atoms with Gasteiger partial charge in [-0.2, -0.15) is 0 Å². The van der Waals surface area contributed by atoms with Crippen LogP contribution in [0.2, 0.25) is 0 Å². The van der Waals surface area contributed by atoms with Gasteiger partial charge in [0.25, 0.3) is 0 Å². The molecule has 1 aliphatic rings. The van der Waals surface area contributed by atoms with Gasteiger partial charge in [-0.15, -0.1) is 0 Å². The molecule has 1 aromatic heterocycles. The first-order valence-electron chi connectivity index (χ1n) is 7.85. The van der Waals surface area contributed by atoms with Crippen LogP contribution in [-0.4, -0.2) is 40.0 Å². The molecule has 0 bridgehead atoms. The minimum absolute atomic E-state index is 0.233. The van der Waals surface area contributed by atoms with E-state index < -0.39 is 12.1 Å². The number of ether oxygens (including phenoxy) is 1. The van der Waals surface area contributed by atoms with Gasteiger partial charge in [-0.05, 0) is 24.6 Å². The van der Waals surface area contributed by atoms with E-state index in [0.29, 0.717) is 18.2 Å². The lowest BCUT2D eigenvalue weighted by atomic mass is 10.2. The maximum Gasteiger partial charge on any atom is 0.323 e. The van der Waals surface area contributed by atoms with Crippen LogP contribution in [0.3, 0.4) is 0 Å². The van der Waals surface area contributed by atoms with Gasteiger partial charge >= 0.3 is 6.03 Å². The molecule has 8 heteroatoms. The average molecular weight is 341 g/mol. The summed E-state index contributed by atoms with van der Waals surface area (Å²) in [4.78, 5) is 34.7. The highest BCUT2D eigenvalue weighted by Gasteiger charge is 2.30. The lowest BCUT2D eigenvalue weighted by Gasteiger charge is -2.25. The molecule has 1 unspecified atom stereocenters. The molecule has 1 atom stereocenters. The Morgan fingerprint density at radius 2 is 2.20 bits per heavy atom. The van der Waals surface area contributed by atoms with Crippen LogP contribution in [0.25, 0.3) is 0 Å². The second kappa shape index (κ2) is 7.27. The summed E-state index contributed by atoms with van der Waals surface area (Å²) in [6.07, 6.45) is 1.55. The van der Waals surface area contributed by atoms with Crippen LogP contribution in [0.5, 0.6) is 0 Å². The summed E-state index contributed by atoms with van der Waals surface area (Å²) >= 11 is 0. The van der Waals surface area contributed by atoms with E-state index in [0.717, 1.165) is 11.3 Å². The Labute approximate surface area is 145 Å². The molecule has 0 radical (unpaired) electrons. The van der Waals surface area contributed by atoms with E-state index in [2.05, 4.69) is 20.6 Å². The number of urea groups is 1. The van der Waals surface area contributed by atoms with Gasteiger partial charge in [0.05, 0.1) is 6.54 Å². The summed E-state index contributed by atoms with van der Waals surface area (Å²) in [5.41, 5.74) is 1.59. The van der Waals surface area contributed by atoms with Gasteiger partial charge in [-0.25, -0.2) is 14.8 Å². The smallest absolute Gasteiger partial charge is 0.323 e. The highest BCUT2D eigenvalue weighted by molar-refractivity contribution is 6.00. The second-order valence-electron chi connectivity index (χ2n) is 5.67. The van der Waals surface area contributed by atoms with Crippen molar-refractivity contribution in [2.45, 2.75) is 26.1 Å². The number of hydrogen-bond acceptors (Lipinski definition) is 5. The number of nitrogens with one attached hydrogen (secondary N) is 2. The van der Waals surface area contributed by atoms with Gasteiger partial charge in [0, 0.05) is 19.0 Å². The molecule has 3 rings (SSSR count). The van der Waals surface area contributed by atoms with Crippen molar-refractivity contribution in [3.05, 3.63) is 47.9 Å². The van der Waals surface area contributed by atoms with Crippen molar-refractivity contribution in [2.24, 2.45) is 0 Å². The van der Waals surface area contributed by atoms with Crippen molar-refractivity contribution in [1.82, 2.24) is 14.9 Å². The first kappa shape index (κ1) is 16.8. The van der Waals surface area contributed by atoms with Crippen molar-refractivity contribution in [3.8, 4) is 0 Å². The number of anilines is 2. The first-order valence-corrected chi connectivity index (χ1v) is 7.85. The van der Waals surface area contributed by atoms with Crippen LogP contribution >= 0.6 is 0 Å². The molecular formula is C17H19N5O3. The summed E-state index contributed by atoms with van der Waals surface area (Å²) < 4.78 is 4.99. The minimum Gasteiger partial charge on any atom is -0.377 e. The molecule has 25 heavy (non-hydrogen) atoms. The molecule has 1 aromatic carbocycles. The molecular weight excluding hydrogens is 322 g/mol. The van der Waals surface area contributed by atoms with Gasteiger partial charge in [0.1, 0.15) is 18.5 Å². The third-order valence-corrected chi connectivity index (χ3v) is 3.94. The quantitative estimate of drug-likeness (QED) is 0.890. The first-order chi connectivity index (χ1) is 12.1. The number of fused-ring (bicyclic) bond motifs is 1. The molecule has 0 fully saturated rings. The van der Waals surface area contributed by atoms with Crippen molar-refractivity contribution < 1.29 is 14.3 Å².